The molecular formula is C13H14O2. The van der Waals surface area contributed by atoms with Gasteiger partial charge in [-0.25, -0.2) is 0 Å². The first-order valence-electron chi connectivity index (χ1n) is 5.20. The molecule has 0 heterocycles. The molecule has 1 unspecified atom stereocenters. The third-order valence-corrected chi connectivity index (χ3v) is 2.87. The van der Waals surface area contributed by atoms with Gasteiger partial charge in [0.05, 0.1) is 0 Å². The van der Waals surface area contributed by atoms with E-state index in [9.17, 15) is 4.79 Å². The van der Waals surface area contributed by atoms with Crippen molar-refractivity contribution in [1.82, 2.24) is 0 Å². The number of carbonyl (C=O) groups excluding carboxylic acids is 1. The lowest BCUT2D eigenvalue weighted by Gasteiger charge is -2.02. The van der Waals surface area contributed by atoms with Gasteiger partial charge in [-0.2, -0.15) is 0 Å². The van der Waals surface area contributed by atoms with E-state index in [1.807, 2.05) is 18.2 Å². The predicted octanol–water partition coefficient (Wildman–Crippen LogP) is 2.77. The molecule has 1 aromatic rings. The fourth-order valence-electron chi connectivity index (χ4n) is 1.90. The SMILES string of the molecule is CC1CCC(=O)/C1=C\c1ccc(O)cc1. The summed E-state index contributed by atoms with van der Waals surface area (Å²) < 4.78 is 0. The van der Waals surface area contributed by atoms with E-state index in [0.29, 0.717) is 12.3 Å². The van der Waals surface area contributed by atoms with E-state index in [4.69, 9.17) is 5.11 Å². The third kappa shape index (κ3) is 2.09. The van der Waals surface area contributed by atoms with Crippen molar-refractivity contribution >= 4 is 11.9 Å². The van der Waals surface area contributed by atoms with Crippen molar-refractivity contribution in [1.29, 1.82) is 0 Å². The number of benzene rings is 1. The molecule has 0 aliphatic heterocycles. The van der Waals surface area contributed by atoms with Crippen LogP contribution in [-0.4, -0.2) is 10.9 Å². The summed E-state index contributed by atoms with van der Waals surface area (Å²) in [6.45, 7) is 2.08. The number of Topliss-reactive ketones (excluding diaryl/α,β-unsaturated/α-hetero) is 1. The highest BCUT2D eigenvalue weighted by atomic mass is 16.3. The first-order valence-corrected chi connectivity index (χ1v) is 5.20. The molecule has 0 spiro atoms. The van der Waals surface area contributed by atoms with E-state index in [2.05, 4.69) is 6.92 Å². The molecule has 0 saturated heterocycles. The van der Waals surface area contributed by atoms with Gasteiger partial charge >= 0.3 is 0 Å². The van der Waals surface area contributed by atoms with Crippen LogP contribution in [0, 0.1) is 5.92 Å². The average Bonchev–Trinajstić information content (AvgIpc) is 2.53. The maximum atomic E-state index is 11.5. The Bertz CT molecular complexity index is 401. The number of hydrogen-bond donors (Lipinski definition) is 1. The van der Waals surface area contributed by atoms with Crippen molar-refractivity contribution in [3.63, 3.8) is 0 Å². The molecule has 0 bridgehead atoms. The zero-order valence-corrected chi connectivity index (χ0v) is 8.73. The predicted molar refractivity (Wildman–Crippen MR) is 59.5 cm³/mol. The molecule has 2 rings (SSSR count). The Morgan fingerprint density at radius 1 is 1.33 bits per heavy atom. The summed E-state index contributed by atoms with van der Waals surface area (Å²) in [7, 11) is 0. The molecule has 0 radical (unpaired) electrons. The van der Waals surface area contributed by atoms with E-state index in [-0.39, 0.29) is 11.5 Å². The molecule has 1 aliphatic carbocycles. The van der Waals surface area contributed by atoms with E-state index >= 15 is 0 Å². The monoisotopic (exact) mass is 202 g/mol. The number of phenols is 1. The van der Waals surface area contributed by atoms with Gasteiger partial charge in [0.2, 0.25) is 0 Å². The average molecular weight is 202 g/mol. The second kappa shape index (κ2) is 3.89. The van der Waals surface area contributed by atoms with E-state index in [0.717, 1.165) is 17.6 Å². The van der Waals surface area contributed by atoms with Crippen molar-refractivity contribution in [3.05, 3.63) is 35.4 Å². The zero-order valence-electron chi connectivity index (χ0n) is 8.73. The number of aromatic hydroxyl groups is 1. The maximum Gasteiger partial charge on any atom is 0.159 e. The lowest BCUT2D eigenvalue weighted by atomic mass is 10.0. The summed E-state index contributed by atoms with van der Waals surface area (Å²) in [4.78, 5) is 11.5. The topological polar surface area (TPSA) is 37.3 Å². The van der Waals surface area contributed by atoms with Gasteiger partial charge in [0.15, 0.2) is 5.78 Å². The summed E-state index contributed by atoms with van der Waals surface area (Å²) in [5.41, 5.74) is 1.89. The van der Waals surface area contributed by atoms with Gasteiger partial charge in [0.1, 0.15) is 5.75 Å². The number of hydrogen-bond acceptors (Lipinski definition) is 2. The Balaban J connectivity index is 2.29. The molecule has 78 valence electrons. The first kappa shape index (κ1) is 9.97. The van der Waals surface area contributed by atoms with Gasteiger partial charge in [-0.3, -0.25) is 4.79 Å². The van der Waals surface area contributed by atoms with E-state index < -0.39 is 0 Å². The number of rotatable bonds is 1. The van der Waals surface area contributed by atoms with Crippen LogP contribution >= 0.6 is 0 Å². The summed E-state index contributed by atoms with van der Waals surface area (Å²) in [5.74, 6) is 0.879. The minimum absolute atomic E-state index is 0.253. The van der Waals surface area contributed by atoms with Gasteiger partial charge in [-0.1, -0.05) is 19.1 Å². The van der Waals surface area contributed by atoms with Gasteiger partial charge in [-0.05, 0) is 41.7 Å². The van der Waals surface area contributed by atoms with Crippen molar-refractivity contribution in [2.75, 3.05) is 0 Å². The smallest absolute Gasteiger partial charge is 0.159 e. The molecule has 2 nitrogen and oxygen atoms in total. The Kier molecular flexibility index (Phi) is 2.58. The summed E-state index contributed by atoms with van der Waals surface area (Å²) in [6, 6.07) is 6.91. The molecule has 0 aromatic heterocycles. The zero-order chi connectivity index (χ0) is 10.8. The Morgan fingerprint density at radius 3 is 2.53 bits per heavy atom. The fraction of sp³-hybridized carbons (Fsp3) is 0.308. The van der Waals surface area contributed by atoms with Crippen LogP contribution in [0.2, 0.25) is 0 Å². The number of phenolic OH excluding ortho intramolecular Hbond substituents is 1. The standard InChI is InChI=1S/C13H14O2/c1-9-2-7-13(15)12(9)8-10-3-5-11(14)6-4-10/h3-6,8-9,14H,2,7H2,1H3/b12-8-. The van der Waals surface area contributed by atoms with Crippen LogP contribution in [0.1, 0.15) is 25.3 Å². The Hall–Kier alpha value is -1.57. The van der Waals surface area contributed by atoms with Gasteiger partial charge in [0, 0.05) is 6.42 Å². The molecule has 1 fully saturated rings. The van der Waals surface area contributed by atoms with Crippen LogP contribution in [0.5, 0.6) is 5.75 Å². The molecule has 2 heteroatoms. The lowest BCUT2D eigenvalue weighted by Crippen LogP contribution is -1.96. The van der Waals surface area contributed by atoms with Crippen molar-refractivity contribution in [2.24, 2.45) is 5.92 Å². The molecule has 1 aromatic carbocycles. The van der Waals surface area contributed by atoms with Gasteiger partial charge < -0.3 is 5.11 Å². The normalized spacial score (nSPS) is 23.7. The summed E-state index contributed by atoms with van der Waals surface area (Å²) >= 11 is 0. The second-order valence-corrected chi connectivity index (χ2v) is 4.05. The highest BCUT2D eigenvalue weighted by Gasteiger charge is 2.24. The minimum Gasteiger partial charge on any atom is -0.508 e. The quantitative estimate of drug-likeness (QED) is 0.711. The van der Waals surface area contributed by atoms with Crippen LogP contribution in [0.3, 0.4) is 0 Å². The fourth-order valence-corrected chi connectivity index (χ4v) is 1.90. The molecule has 15 heavy (non-hydrogen) atoms. The molecule has 1 saturated carbocycles. The first-order chi connectivity index (χ1) is 7.16. The highest BCUT2D eigenvalue weighted by molar-refractivity contribution is 6.01. The summed E-state index contributed by atoms with van der Waals surface area (Å²) in [6.07, 6.45) is 3.56. The van der Waals surface area contributed by atoms with Crippen LogP contribution < -0.4 is 0 Å². The number of allylic oxidation sites excluding steroid dienone is 1. The Labute approximate surface area is 89.2 Å². The highest BCUT2D eigenvalue weighted by Crippen LogP contribution is 2.29. The van der Waals surface area contributed by atoms with Gasteiger partial charge in [-0.15, -0.1) is 0 Å². The maximum absolute atomic E-state index is 11.5. The summed E-state index contributed by atoms with van der Waals surface area (Å²) in [5, 5.41) is 9.13. The lowest BCUT2D eigenvalue weighted by molar-refractivity contribution is -0.114. The van der Waals surface area contributed by atoms with Crippen LogP contribution in [-0.2, 0) is 4.79 Å². The molecular weight excluding hydrogens is 188 g/mol. The Morgan fingerprint density at radius 2 is 2.00 bits per heavy atom. The van der Waals surface area contributed by atoms with E-state index in [1.165, 1.54) is 0 Å². The molecule has 1 aliphatic rings. The largest absolute Gasteiger partial charge is 0.508 e. The van der Waals surface area contributed by atoms with Crippen LogP contribution in [0.15, 0.2) is 29.8 Å². The van der Waals surface area contributed by atoms with Crippen molar-refractivity contribution in [3.8, 4) is 5.75 Å². The van der Waals surface area contributed by atoms with E-state index in [1.54, 1.807) is 12.1 Å². The van der Waals surface area contributed by atoms with Crippen molar-refractivity contribution < 1.29 is 9.90 Å². The molecule has 1 atom stereocenters. The third-order valence-electron chi connectivity index (χ3n) is 2.87. The number of ketones is 1. The number of carbonyl (C=O) groups is 1. The van der Waals surface area contributed by atoms with Crippen LogP contribution in [0.25, 0.3) is 6.08 Å². The minimum atomic E-state index is 0.253. The second-order valence-electron chi connectivity index (χ2n) is 4.05. The van der Waals surface area contributed by atoms with Gasteiger partial charge in [0.25, 0.3) is 0 Å². The molecule has 1 N–H and O–H groups in total. The van der Waals surface area contributed by atoms with Crippen molar-refractivity contribution in [2.45, 2.75) is 19.8 Å². The molecule has 0 amide bonds. The van der Waals surface area contributed by atoms with Crippen LogP contribution in [0.4, 0.5) is 0 Å².